The second-order valence-electron chi connectivity index (χ2n) is 5.50. The third-order valence-electron chi connectivity index (χ3n) is 3.82. The largest absolute Gasteiger partial charge is 0.355 e. The molecule has 23 heavy (non-hydrogen) atoms. The lowest BCUT2D eigenvalue weighted by Gasteiger charge is -2.27. The fraction of sp³-hybridized carbons (Fsp3) is 0.467. The van der Waals surface area contributed by atoms with E-state index in [1.165, 1.54) is 17.8 Å². The smallest absolute Gasteiger partial charge is 0.272 e. The van der Waals surface area contributed by atoms with Crippen LogP contribution in [0.3, 0.4) is 0 Å². The maximum atomic E-state index is 12.3. The molecule has 1 aliphatic rings. The van der Waals surface area contributed by atoms with Crippen molar-refractivity contribution >= 4 is 33.0 Å². The Labute approximate surface area is 140 Å². The Kier molecular flexibility index (Phi) is 4.82. The van der Waals surface area contributed by atoms with E-state index in [4.69, 9.17) is 0 Å². The zero-order chi connectivity index (χ0) is 16.3. The summed E-state index contributed by atoms with van der Waals surface area (Å²) in [6.45, 7) is 3.96. The monoisotopic (exact) mass is 352 g/mol. The van der Waals surface area contributed by atoms with Gasteiger partial charge in [0, 0.05) is 18.0 Å². The van der Waals surface area contributed by atoms with E-state index in [9.17, 15) is 8.42 Å². The second kappa shape index (κ2) is 6.84. The molecule has 0 bridgehead atoms. The number of aromatic nitrogens is 2. The standard InChI is InChI=1S/C15H20N4O2S2/c1-2-12-6-9-15(22-12)23(20,21)18-13-7-8-14(17-16-13)19-10-4-3-5-11-19/h6-9H,2-5,10-11H2,1H3,(H,16,18). The average molecular weight is 352 g/mol. The van der Waals surface area contributed by atoms with E-state index in [0.29, 0.717) is 4.21 Å². The fourth-order valence-corrected chi connectivity index (χ4v) is 4.84. The molecule has 0 aliphatic carbocycles. The summed E-state index contributed by atoms with van der Waals surface area (Å²) in [5.74, 6) is 1.05. The average Bonchev–Trinajstić information content (AvgIpc) is 3.06. The quantitative estimate of drug-likeness (QED) is 0.895. The molecule has 0 aromatic carbocycles. The molecule has 0 saturated carbocycles. The van der Waals surface area contributed by atoms with E-state index in [1.54, 1.807) is 12.1 Å². The van der Waals surface area contributed by atoms with Gasteiger partial charge in [0.25, 0.3) is 10.0 Å². The molecule has 2 aromatic heterocycles. The Hall–Kier alpha value is -1.67. The zero-order valence-electron chi connectivity index (χ0n) is 13.0. The Morgan fingerprint density at radius 2 is 1.91 bits per heavy atom. The number of piperidine rings is 1. The minimum absolute atomic E-state index is 0.247. The first-order chi connectivity index (χ1) is 11.1. The van der Waals surface area contributed by atoms with Gasteiger partial charge in [-0.25, -0.2) is 8.42 Å². The van der Waals surface area contributed by atoms with Crippen molar-refractivity contribution < 1.29 is 8.42 Å². The lowest BCUT2D eigenvalue weighted by molar-refractivity contribution is 0.571. The summed E-state index contributed by atoms with van der Waals surface area (Å²) in [4.78, 5) is 3.22. The van der Waals surface area contributed by atoms with E-state index >= 15 is 0 Å². The Balaban J connectivity index is 1.72. The van der Waals surface area contributed by atoms with Crippen LogP contribution in [0.2, 0.25) is 0 Å². The highest BCUT2D eigenvalue weighted by Crippen LogP contribution is 2.24. The maximum Gasteiger partial charge on any atom is 0.272 e. The van der Waals surface area contributed by atoms with Gasteiger partial charge in [-0.15, -0.1) is 21.5 Å². The van der Waals surface area contributed by atoms with Crippen molar-refractivity contribution in [2.75, 3.05) is 22.7 Å². The first-order valence-corrected chi connectivity index (χ1v) is 10.1. The van der Waals surface area contributed by atoms with Gasteiger partial charge >= 0.3 is 0 Å². The molecule has 0 amide bonds. The van der Waals surface area contributed by atoms with Gasteiger partial charge in [-0.05, 0) is 49.9 Å². The van der Waals surface area contributed by atoms with E-state index in [2.05, 4.69) is 19.8 Å². The zero-order valence-corrected chi connectivity index (χ0v) is 14.7. The number of aryl methyl sites for hydroxylation is 1. The first kappa shape index (κ1) is 16.2. The van der Waals surface area contributed by atoms with Crippen molar-refractivity contribution in [1.29, 1.82) is 0 Å². The number of hydrogen-bond donors (Lipinski definition) is 1. The molecular weight excluding hydrogens is 332 g/mol. The van der Waals surface area contributed by atoms with Crippen molar-refractivity contribution in [3.63, 3.8) is 0 Å². The summed E-state index contributed by atoms with van der Waals surface area (Å²) in [6.07, 6.45) is 4.40. The normalized spacial score (nSPS) is 15.6. The Morgan fingerprint density at radius 1 is 1.13 bits per heavy atom. The molecule has 1 aliphatic heterocycles. The predicted molar refractivity (Wildman–Crippen MR) is 92.6 cm³/mol. The summed E-state index contributed by atoms with van der Waals surface area (Å²) < 4.78 is 27.5. The van der Waals surface area contributed by atoms with Crippen LogP contribution in [0.1, 0.15) is 31.1 Å². The lowest BCUT2D eigenvalue weighted by atomic mass is 10.1. The molecule has 1 fully saturated rings. The van der Waals surface area contributed by atoms with Gasteiger partial charge < -0.3 is 4.90 Å². The molecule has 3 heterocycles. The van der Waals surface area contributed by atoms with Crippen LogP contribution in [0, 0.1) is 0 Å². The van der Waals surface area contributed by atoms with Gasteiger partial charge in [0.2, 0.25) is 0 Å². The maximum absolute atomic E-state index is 12.3. The highest BCUT2D eigenvalue weighted by Gasteiger charge is 2.18. The number of nitrogens with zero attached hydrogens (tertiary/aromatic N) is 3. The van der Waals surface area contributed by atoms with Gasteiger partial charge in [0.15, 0.2) is 11.6 Å². The van der Waals surface area contributed by atoms with Crippen LogP contribution in [0.25, 0.3) is 0 Å². The number of hydrogen-bond acceptors (Lipinski definition) is 6. The highest BCUT2D eigenvalue weighted by molar-refractivity contribution is 7.94. The molecule has 6 nitrogen and oxygen atoms in total. The molecule has 1 saturated heterocycles. The fourth-order valence-electron chi connectivity index (χ4n) is 2.55. The van der Waals surface area contributed by atoms with Crippen molar-refractivity contribution in [1.82, 2.24) is 10.2 Å². The van der Waals surface area contributed by atoms with Crippen LogP contribution in [0.5, 0.6) is 0 Å². The third-order valence-corrected chi connectivity index (χ3v) is 6.90. The van der Waals surface area contributed by atoms with Crippen LogP contribution >= 0.6 is 11.3 Å². The molecule has 8 heteroatoms. The Bertz CT molecular complexity index is 750. The number of anilines is 2. The van der Waals surface area contributed by atoms with Gasteiger partial charge in [-0.3, -0.25) is 4.72 Å². The lowest BCUT2D eigenvalue weighted by Crippen LogP contribution is -2.30. The van der Waals surface area contributed by atoms with E-state index < -0.39 is 10.0 Å². The van der Waals surface area contributed by atoms with Crippen LogP contribution in [-0.2, 0) is 16.4 Å². The van der Waals surface area contributed by atoms with Gasteiger partial charge in [-0.1, -0.05) is 6.92 Å². The van der Waals surface area contributed by atoms with Crippen molar-refractivity contribution in [2.45, 2.75) is 36.8 Å². The molecule has 0 spiro atoms. The predicted octanol–water partition coefficient (Wildman–Crippen LogP) is 2.89. The molecule has 124 valence electrons. The SMILES string of the molecule is CCc1ccc(S(=O)(=O)Nc2ccc(N3CCCCC3)nn2)s1. The van der Waals surface area contributed by atoms with Crippen LogP contribution < -0.4 is 9.62 Å². The van der Waals surface area contributed by atoms with E-state index in [1.807, 2.05) is 19.1 Å². The Morgan fingerprint density at radius 3 is 2.52 bits per heavy atom. The highest BCUT2D eigenvalue weighted by atomic mass is 32.2. The molecule has 0 unspecified atom stereocenters. The van der Waals surface area contributed by atoms with Crippen molar-refractivity contribution in [2.24, 2.45) is 0 Å². The molecule has 0 atom stereocenters. The summed E-state index contributed by atoms with van der Waals surface area (Å²) in [6, 6.07) is 6.95. The van der Waals surface area contributed by atoms with Gasteiger partial charge in [0.05, 0.1) is 0 Å². The summed E-state index contributed by atoms with van der Waals surface area (Å²) in [5.41, 5.74) is 0. The van der Waals surface area contributed by atoms with E-state index in [0.717, 1.165) is 43.0 Å². The molecule has 1 N–H and O–H groups in total. The summed E-state index contributed by atoms with van der Waals surface area (Å²) in [7, 11) is -3.59. The molecule has 0 radical (unpaired) electrons. The van der Waals surface area contributed by atoms with Gasteiger partial charge in [-0.2, -0.15) is 0 Å². The van der Waals surface area contributed by atoms with Crippen molar-refractivity contribution in [3.05, 3.63) is 29.1 Å². The minimum Gasteiger partial charge on any atom is -0.355 e. The van der Waals surface area contributed by atoms with E-state index in [-0.39, 0.29) is 5.82 Å². The topological polar surface area (TPSA) is 75.2 Å². The molecule has 2 aromatic rings. The number of rotatable bonds is 5. The van der Waals surface area contributed by atoms with Crippen LogP contribution in [-0.4, -0.2) is 31.7 Å². The summed E-state index contributed by atoms with van der Waals surface area (Å²) >= 11 is 1.28. The molecular formula is C15H20N4O2S2. The number of thiophene rings is 1. The molecule has 3 rings (SSSR count). The summed E-state index contributed by atoms with van der Waals surface area (Å²) in [5, 5.41) is 8.17. The van der Waals surface area contributed by atoms with Crippen molar-refractivity contribution in [3.8, 4) is 0 Å². The van der Waals surface area contributed by atoms with Crippen LogP contribution in [0.15, 0.2) is 28.5 Å². The second-order valence-corrected chi connectivity index (χ2v) is 8.58. The van der Waals surface area contributed by atoms with Gasteiger partial charge in [0.1, 0.15) is 4.21 Å². The minimum atomic E-state index is -3.59. The number of sulfonamides is 1. The third kappa shape index (κ3) is 3.81. The number of nitrogens with one attached hydrogen (secondary N) is 1. The first-order valence-electron chi connectivity index (χ1n) is 7.79. The van der Waals surface area contributed by atoms with Crippen LogP contribution in [0.4, 0.5) is 11.6 Å².